The van der Waals surface area contributed by atoms with E-state index < -0.39 is 0 Å². The van der Waals surface area contributed by atoms with Gasteiger partial charge in [0.1, 0.15) is 0 Å². The second-order valence-electron chi connectivity index (χ2n) is 6.07. The second-order valence-corrected chi connectivity index (χ2v) is 6.07. The van der Waals surface area contributed by atoms with Gasteiger partial charge >= 0.3 is 0 Å². The smallest absolute Gasteiger partial charge is 0.268 e. The maximum Gasteiger partial charge on any atom is 0.268 e. The first-order valence-electron chi connectivity index (χ1n) is 8.13. The van der Waals surface area contributed by atoms with Crippen molar-refractivity contribution in [2.45, 2.75) is 6.42 Å². The summed E-state index contributed by atoms with van der Waals surface area (Å²) in [4.78, 5) is 30.1. The number of amides is 1. The van der Waals surface area contributed by atoms with Crippen molar-refractivity contribution in [3.63, 3.8) is 0 Å². The lowest BCUT2D eigenvalue weighted by Crippen LogP contribution is -2.31. The molecule has 0 spiro atoms. The summed E-state index contributed by atoms with van der Waals surface area (Å²) in [5.41, 5.74) is 1.23. The Morgan fingerprint density at radius 1 is 1.44 bits per heavy atom. The predicted molar refractivity (Wildman–Crippen MR) is 92.9 cm³/mol. The van der Waals surface area contributed by atoms with Gasteiger partial charge in [-0.05, 0) is 18.4 Å². The van der Waals surface area contributed by atoms with Gasteiger partial charge in [0, 0.05) is 50.6 Å². The normalized spacial score (nSPS) is 16.7. The number of nitrogens with one attached hydrogen (secondary N) is 1. The summed E-state index contributed by atoms with van der Waals surface area (Å²) in [5, 5.41) is 7.01. The van der Waals surface area contributed by atoms with E-state index in [0.717, 1.165) is 25.2 Å². The Kier molecular flexibility index (Phi) is 4.97. The molecule has 1 saturated heterocycles. The minimum Gasteiger partial charge on any atom is -0.481 e. The topological polar surface area (TPSA) is 89.4 Å². The highest BCUT2D eigenvalue weighted by atomic mass is 16.5. The molecule has 0 aromatic carbocycles. The first kappa shape index (κ1) is 16.9. The molecule has 0 saturated carbocycles. The highest BCUT2D eigenvalue weighted by Crippen LogP contribution is 2.21. The Hall–Kier alpha value is -2.90. The Balaban J connectivity index is 1.55. The fourth-order valence-corrected chi connectivity index (χ4v) is 2.87. The Morgan fingerprint density at radius 3 is 3.04 bits per heavy atom. The molecule has 0 aliphatic carbocycles. The van der Waals surface area contributed by atoms with Crippen molar-refractivity contribution in [2.24, 2.45) is 13.0 Å². The monoisotopic (exact) mass is 343 g/mol. The number of ether oxygens (including phenoxy) is 1. The van der Waals surface area contributed by atoms with Crippen LogP contribution in [0.3, 0.4) is 0 Å². The van der Waals surface area contributed by atoms with Crippen LogP contribution in [0, 0.1) is 5.92 Å². The minimum absolute atomic E-state index is 0.124. The van der Waals surface area contributed by atoms with Gasteiger partial charge in [-0.2, -0.15) is 5.10 Å². The third-order valence-corrected chi connectivity index (χ3v) is 4.36. The zero-order valence-electron chi connectivity index (χ0n) is 14.3. The van der Waals surface area contributed by atoms with Gasteiger partial charge in [-0.25, -0.2) is 9.67 Å². The number of nitrogens with zero attached hydrogens (tertiary/aromatic N) is 4. The highest BCUT2D eigenvalue weighted by Gasteiger charge is 2.24. The molecular formula is C17H21N5O3. The van der Waals surface area contributed by atoms with Crippen LogP contribution in [-0.4, -0.2) is 47.4 Å². The number of aromatic nitrogens is 3. The molecule has 1 amide bonds. The Bertz CT molecular complexity index is 820. The lowest BCUT2D eigenvalue weighted by molar-refractivity contribution is 0.0947. The number of methoxy groups -OCH3 is 1. The first-order chi connectivity index (χ1) is 12.1. The maximum atomic E-state index is 12.2. The van der Waals surface area contributed by atoms with Crippen molar-refractivity contribution in [2.75, 3.05) is 31.6 Å². The van der Waals surface area contributed by atoms with Crippen LogP contribution in [0.15, 0.2) is 35.4 Å². The predicted octanol–water partition coefficient (Wildman–Crippen LogP) is 0.440. The molecule has 0 radical (unpaired) electrons. The van der Waals surface area contributed by atoms with Crippen molar-refractivity contribution in [3.8, 4) is 5.88 Å². The molecule has 2 aromatic heterocycles. The summed E-state index contributed by atoms with van der Waals surface area (Å²) in [7, 11) is 3.14. The van der Waals surface area contributed by atoms with E-state index in [1.807, 2.05) is 0 Å². The molecule has 1 fully saturated rings. The van der Waals surface area contributed by atoms with E-state index in [0.29, 0.717) is 23.9 Å². The molecule has 1 aliphatic rings. The van der Waals surface area contributed by atoms with E-state index in [4.69, 9.17) is 4.74 Å². The van der Waals surface area contributed by atoms with Gasteiger partial charge in [0.15, 0.2) is 0 Å². The van der Waals surface area contributed by atoms with E-state index in [9.17, 15) is 9.59 Å². The largest absolute Gasteiger partial charge is 0.481 e. The van der Waals surface area contributed by atoms with Gasteiger partial charge in [0.25, 0.3) is 11.5 Å². The number of aryl methyl sites for hydroxylation is 1. The van der Waals surface area contributed by atoms with E-state index in [2.05, 4.69) is 20.3 Å². The van der Waals surface area contributed by atoms with Crippen molar-refractivity contribution < 1.29 is 9.53 Å². The third kappa shape index (κ3) is 3.96. The van der Waals surface area contributed by atoms with Crippen LogP contribution < -0.4 is 20.5 Å². The van der Waals surface area contributed by atoms with E-state index >= 15 is 0 Å². The fourth-order valence-electron chi connectivity index (χ4n) is 2.87. The molecule has 0 unspecified atom stereocenters. The molecule has 1 atom stereocenters. The number of hydrogen-bond donors (Lipinski definition) is 1. The number of pyridine rings is 1. The summed E-state index contributed by atoms with van der Waals surface area (Å²) >= 11 is 0. The third-order valence-electron chi connectivity index (χ3n) is 4.36. The summed E-state index contributed by atoms with van der Waals surface area (Å²) in [6, 6.07) is 4.86. The number of hydrogen-bond acceptors (Lipinski definition) is 6. The summed E-state index contributed by atoms with van der Waals surface area (Å²) in [5.74, 6) is 0.601. The van der Waals surface area contributed by atoms with E-state index in [-0.39, 0.29) is 11.5 Å². The van der Waals surface area contributed by atoms with Crippen molar-refractivity contribution in [3.05, 3.63) is 46.5 Å². The zero-order chi connectivity index (χ0) is 17.8. The first-order valence-corrected chi connectivity index (χ1v) is 8.13. The van der Waals surface area contributed by atoms with Crippen LogP contribution in [0.1, 0.15) is 16.8 Å². The van der Waals surface area contributed by atoms with Crippen LogP contribution in [-0.2, 0) is 7.05 Å². The molecule has 3 rings (SSSR count). The number of carbonyl (C=O) groups excluding carboxylic acids is 1. The van der Waals surface area contributed by atoms with Gasteiger partial charge in [-0.15, -0.1) is 0 Å². The number of carbonyl (C=O) groups is 1. The van der Waals surface area contributed by atoms with Gasteiger partial charge < -0.3 is 15.0 Å². The summed E-state index contributed by atoms with van der Waals surface area (Å²) in [6.07, 6.45) is 4.20. The Morgan fingerprint density at radius 2 is 2.28 bits per heavy atom. The average Bonchev–Trinajstić information content (AvgIpc) is 3.11. The molecule has 1 N–H and O–H groups in total. The fraction of sp³-hybridized carbons (Fsp3) is 0.412. The van der Waals surface area contributed by atoms with Crippen LogP contribution in [0.5, 0.6) is 5.88 Å². The van der Waals surface area contributed by atoms with E-state index in [1.54, 1.807) is 37.6 Å². The highest BCUT2D eigenvalue weighted by molar-refractivity contribution is 5.94. The van der Waals surface area contributed by atoms with Gasteiger partial charge in [-0.1, -0.05) is 0 Å². The van der Waals surface area contributed by atoms with Crippen molar-refractivity contribution >= 4 is 11.6 Å². The average molecular weight is 343 g/mol. The van der Waals surface area contributed by atoms with Crippen LogP contribution in [0.25, 0.3) is 0 Å². The van der Waals surface area contributed by atoms with Crippen molar-refractivity contribution in [1.29, 1.82) is 0 Å². The lowest BCUT2D eigenvalue weighted by Gasteiger charge is -2.18. The molecule has 1 aliphatic heterocycles. The molecule has 132 valence electrons. The minimum atomic E-state index is -0.144. The molecule has 8 heteroatoms. The molecular weight excluding hydrogens is 322 g/mol. The molecule has 2 aromatic rings. The maximum absolute atomic E-state index is 12.2. The van der Waals surface area contributed by atoms with E-state index in [1.165, 1.54) is 11.8 Å². The van der Waals surface area contributed by atoms with Crippen molar-refractivity contribution in [1.82, 2.24) is 20.1 Å². The molecule has 8 nitrogen and oxygen atoms in total. The van der Waals surface area contributed by atoms with Gasteiger partial charge in [0.05, 0.1) is 19.0 Å². The molecule has 0 bridgehead atoms. The summed E-state index contributed by atoms with van der Waals surface area (Å²) in [6.45, 7) is 2.21. The lowest BCUT2D eigenvalue weighted by atomic mass is 10.1. The SMILES string of the molecule is COc1cc(C(=O)NC[C@@H]2CCN(c3cnn(C)c(=O)c3)C2)ccn1. The second kappa shape index (κ2) is 7.33. The standard InChI is InChI=1S/C17H21N5O3/c1-21-16(23)8-14(10-20-21)22-6-4-12(11-22)9-19-17(24)13-3-5-18-15(7-13)25-2/h3,5,7-8,10,12H,4,6,9,11H2,1-2H3,(H,19,24)/t12-/m0/s1. The molecule has 25 heavy (non-hydrogen) atoms. The van der Waals surface area contributed by atoms with Crippen LogP contribution in [0.4, 0.5) is 5.69 Å². The van der Waals surface area contributed by atoms with Gasteiger partial charge in [-0.3, -0.25) is 9.59 Å². The quantitative estimate of drug-likeness (QED) is 0.847. The molecule has 3 heterocycles. The summed E-state index contributed by atoms with van der Waals surface area (Å²) < 4.78 is 6.34. The van der Waals surface area contributed by atoms with Gasteiger partial charge in [0.2, 0.25) is 5.88 Å². The number of anilines is 1. The van der Waals surface area contributed by atoms with Crippen LogP contribution >= 0.6 is 0 Å². The number of rotatable bonds is 5. The Labute approximate surface area is 145 Å². The van der Waals surface area contributed by atoms with Crippen LogP contribution in [0.2, 0.25) is 0 Å². The zero-order valence-corrected chi connectivity index (χ0v) is 14.3.